The quantitative estimate of drug-likeness (QED) is 0.706. The van der Waals surface area contributed by atoms with Crippen LogP contribution >= 0.6 is 26.5 Å². The van der Waals surface area contributed by atoms with Crippen molar-refractivity contribution < 1.29 is 28.3 Å². The molecule has 0 aliphatic rings. The largest absolute Gasteiger partial charge is 0.396 e. The third kappa shape index (κ3) is 3.38. The van der Waals surface area contributed by atoms with Crippen LogP contribution in [0.3, 0.4) is 0 Å². The van der Waals surface area contributed by atoms with Crippen LogP contribution in [0.2, 0.25) is 0 Å². The standard InChI is InChI=1S/C5H9NO6P2S/c1-4(13(7,8)9)14(10,11)12-5-6-2-3-15-5/h2-4H,1H3,(H,10,11)(H2,7,8,9). The van der Waals surface area contributed by atoms with Gasteiger partial charge in [0.1, 0.15) is 0 Å². The Balaban J connectivity index is 2.85. The van der Waals surface area contributed by atoms with Gasteiger partial charge in [0.15, 0.2) is 5.40 Å². The summed E-state index contributed by atoms with van der Waals surface area (Å²) in [6, 6.07) is 0. The average molecular weight is 273 g/mol. The molecule has 0 fully saturated rings. The molecule has 7 nitrogen and oxygen atoms in total. The molecule has 1 rings (SSSR count). The molecule has 1 heterocycles. The fourth-order valence-electron chi connectivity index (χ4n) is 0.634. The highest BCUT2D eigenvalue weighted by atomic mass is 32.1. The fraction of sp³-hybridized carbons (Fsp3) is 0.400. The SMILES string of the molecule is CC(P(=O)(O)O)P(=O)(O)Oc1nccs1. The Morgan fingerprint density at radius 3 is 2.47 bits per heavy atom. The highest BCUT2D eigenvalue weighted by Crippen LogP contribution is 2.62. The number of hydrogen-bond donors (Lipinski definition) is 3. The molecule has 0 saturated heterocycles. The third-order valence-electron chi connectivity index (χ3n) is 1.58. The van der Waals surface area contributed by atoms with Gasteiger partial charge in [-0.3, -0.25) is 4.57 Å². The van der Waals surface area contributed by atoms with Gasteiger partial charge in [-0.2, -0.15) is 0 Å². The van der Waals surface area contributed by atoms with E-state index in [0.29, 0.717) is 0 Å². The molecule has 0 amide bonds. The molecular formula is C5H9NO6P2S. The van der Waals surface area contributed by atoms with Crippen LogP contribution in [0.1, 0.15) is 6.92 Å². The fourth-order valence-corrected chi connectivity index (χ4v) is 3.57. The summed E-state index contributed by atoms with van der Waals surface area (Å²) in [5.74, 6) is 0. The van der Waals surface area contributed by atoms with Crippen molar-refractivity contribution in [1.82, 2.24) is 4.98 Å². The first-order valence-corrected chi connectivity index (χ1v) is 7.91. The number of aromatic nitrogens is 1. The third-order valence-corrected chi connectivity index (χ3v) is 6.48. The van der Waals surface area contributed by atoms with Crippen LogP contribution in [-0.4, -0.2) is 25.1 Å². The van der Waals surface area contributed by atoms with E-state index in [1.165, 1.54) is 11.6 Å². The summed E-state index contributed by atoms with van der Waals surface area (Å²) in [5, 5.41) is -0.354. The van der Waals surface area contributed by atoms with Crippen molar-refractivity contribution in [2.75, 3.05) is 0 Å². The van der Waals surface area contributed by atoms with Crippen molar-refractivity contribution in [3.8, 4) is 5.19 Å². The van der Waals surface area contributed by atoms with Gasteiger partial charge in [0.05, 0.1) is 0 Å². The first kappa shape index (κ1) is 12.8. The smallest absolute Gasteiger partial charge is 0.393 e. The maximum absolute atomic E-state index is 11.4. The summed E-state index contributed by atoms with van der Waals surface area (Å²) < 4.78 is 26.8. The molecule has 0 aliphatic heterocycles. The Bertz CT molecular complexity index is 413. The summed E-state index contributed by atoms with van der Waals surface area (Å²) in [5.41, 5.74) is 0. The van der Waals surface area contributed by atoms with Crippen molar-refractivity contribution in [1.29, 1.82) is 0 Å². The molecule has 2 atom stereocenters. The zero-order valence-corrected chi connectivity index (χ0v) is 10.2. The number of nitrogens with zero attached hydrogens (tertiary/aromatic N) is 1. The molecule has 3 N–H and O–H groups in total. The molecular weight excluding hydrogens is 264 g/mol. The molecule has 10 heteroatoms. The lowest BCUT2D eigenvalue weighted by atomic mass is 11.0. The second kappa shape index (κ2) is 4.33. The highest BCUT2D eigenvalue weighted by molar-refractivity contribution is 7.71. The van der Waals surface area contributed by atoms with Gasteiger partial charge in [-0.15, -0.1) is 0 Å². The highest BCUT2D eigenvalue weighted by Gasteiger charge is 2.43. The molecule has 2 unspecified atom stereocenters. The van der Waals surface area contributed by atoms with Gasteiger partial charge in [0.25, 0.3) is 5.19 Å². The summed E-state index contributed by atoms with van der Waals surface area (Å²) in [7, 11) is -9.07. The molecule has 0 aliphatic carbocycles. The van der Waals surface area contributed by atoms with Crippen molar-refractivity contribution in [3.63, 3.8) is 0 Å². The Morgan fingerprint density at radius 1 is 1.47 bits per heavy atom. The monoisotopic (exact) mass is 273 g/mol. The van der Waals surface area contributed by atoms with Gasteiger partial charge >= 0.3 is 15.2 Å². The molecule has 0 saturated carbocycles. The molecule has 1 aromatic heterocycles. The maximum atomic E-state index is 11.4. The number of thiazole rings is 1. The van der Waals surface area contributed by atoms with Crippen LogP contribution in [-0.2, 0) is 9.13 Å². The van der Waals surface area contributed by atoms with Gasteiger partial charge in [-0.1, -0.05) is 11.3 Å². The Kier molecular flexibility index (Phi) is 3.71. The lowest BCUT2D eigenvalue weighted by Gasteiger charge is -2.18. The van der Waals surface area contributed by atoms with Gasteiger partial charge < -0.3 is 19.2 Å². The van der Waals surface area contributed by atoms with E-state index >= 15 is 0 Å². The Morgan fingerprint density at radius 2 is 2.07 bits per heavy atom. The first-order valence-electron chi connectivity index (χ1n) is 3.70. The minimum atomic E-state index is -4.66. The zero-order valence-electron chi connectivity index (χ0n) is 7.55. The summed E-state index contributed by atoms with van der Waals surface area (Å²) in [6.45, 7) is 0.954. The molecule has 0 aromatic carbocycles. The van der Waals surface area contributed by atoms with Gasteiger partial charge in [-0.25, -0.2) is 9.55 Å². The van der Waals surface area contributed by atoms with E-state index in [1.54, 1.807) is 0 Å². The van der Waals surface area contributed by atoms with Gasteiger partial charge in [-0.05, 0) is 6.92 Å². The summed E-state index contributed by atoms with van der Waals surface area (Å²) in [4.78, 5) is 30.3. The van der Waals surface area contributed by atoms with E-state index in [1.807, 2.05) is 0 Å². The van der Waals surface area contributed by atoms with E-state index in [0.717, 1.165) is 18.3 Å². The topological polar surface area (TPSA) is 117 Å². The predicted octanol–water partition coefficient (Wildman–Crippen LogP) is 1.23. The molecule has 0 bridgehead atoms. The lowest BCUT2D eigenvalue weighted by molar-refractivity contribution is 0.345. The summed E-state index contributed by atoms with van der Waals surface area (Å²) in [6.07, 6.45) is 1.35. The first-order chi connectivity index (χ1) is 6.73. The van der Waals surface area contributed by atoms with Crippen molar-refractivity contribution in [3.05, 3.63) is 11.6 Å². The molecule has 15 heavy (non-hydrogen) atoms. The van der Waals surface area contributed by atoms with E-state index in [9.17, 15) is 14.0 Å². The predicted molar refractivity (Wildman–Crippen MR) is 54.1 cm³/mol. The number of hydrogen-bond acceptors (Lipinski definition) is 5. The number of rotatable bonds is 4. The maximum Gasteiger partial charge on any atom is 0.393 e. The van der Waals surface area contributed by atoms with E-state index < -0.39 is 20.6 Å². The van der Waals surface area contributed by atoms with Gasteiger partial charge in [0.2, 0.25) is 0 Å². The van der Waals surface area contributed by atoms with E-state index in [2.05, 4.69) is 9.51 Å². The Hall–Kier alpha value is -0.230. The van der Waals surface area contributed by atoms with Crippen LogP contribution in [0, 0.1) is 0 Å². The van der Waals surface area contributed by atoms with Crippen molar-refractivity contribution >= 4 is 26.5 Å². The van der Waals surface area contributed by atoms with Crippen molar-refractivity contribution in [2.24, 2.45) is 0 Å². The average Bonchev–Trinajstić information content (AvgIpc) is 2.53. The second-order valence-corrected chi connectivity index (χ2v) is 7.98. The van der Waals surface area contributed by atoms with Crippen LogP contribution in [0.5, 0.6) is 5.19 Å². The van der Waals surface area contributed by atoms with E-state index in [-0.39, 0.29) is 5.19 Å². The van der Waals surface area contributed by atoms with Gasteiger partial charge in [0, 0.05) is 11.6 Å². The molecule has 86 valence electrons. The normalized spacial score (nSPS) is 18.1. The Labute approximate surface area is 89.4 Å². The van der Waals surface area contributed by atoms with Crippen LogP contribution in [0.15, 0.2) is 11.6 Å². The van der Waals surface area contributed by atoms with Crippen molar-refractivity contribution in [2.45, 2.75) is 12.3 Å². The second-order valence-electron chi connectivity index (χ2n) is 2.67. The van der Waals surface area contributed by atoms with E-state index in [4.69, 9.17) is 9.79 Å². The zero-order chi connectivity index (χ0) is 11.7. The van der Waals surface area contributed by atoms with Crippen LogP contribution in [0.4, 0.5) is 0 Å². The molecule has 0 spiro atoms. The molecule has 0 radical (unpaired) electrons. The van der Waals surface area contributed by atoms with Crippen LogP contribution < -0.4 is 4.52 Å². The lowest BCUT2D eigenvalue weighted by Crippen LogP contribution is -2.08. The summed E-state index contributed by atoms with van der Waals surface area (Å²) >= 11 is 0.959. The minimum absolute atomic E-state index is 0.0962. The molecule has 1 aromatic rings. The minimum Gasteiger partial charge on any atom is -0.396 e. The van der Waals surface area contributed by atoms with Crippen LogP contribution in [0.25, 0.3) is 0 Å².